The van der Waals surface area contributed by atoms with Crippen molar-refractivity contribution < 1.29 is 9.13 Å². The number of nitrogens with zero attached hydrogens (tertiary/aromatic N) is 1. The number of hydrogen-bond acceptors (Lipinski definition) is 2. The Morgan fingerprint density at radius 2 is 2.30 bits per heavy atom. The molecule has 2 atom stereocenters. The van der Waals surface area contributed by atoms with Crippen molar-refractivity contribution in [2.45, 2.75) is 32.0 Å². The molecule has 1 aromatic heterocycles. The normalized spacial score (nSPS) is 18.6. The minimum absolute atomic E-state index is 0.0713. The van der Waals surface area contributed by atoms with Crippen LogP contribution < -0.4 is 10.1 Å². The summed E-state index contributed by atoms with van der Waals surface area (Å²) in [6.07, 6.45) is 2.90. The van der Waals surface area contributed by atoms with Crippen molar-refractivity contribution in [2.24, 2.45) is 0 Å². The molecule has 0 amide bonds. The van der Waals surface area contributed by atoms with E-state index in [1.165, 1.54) is 11.8 Å². The maximum atomic E-state index is 13.2. The molecule has 4 heteroatoms. The highest BCUT2D eigenvalue weighted by molar-refractivity contribution is 5.37. The molecule has 0 saturated heterocycles. The first kappa shape index (κ1) is 13.2. The van der Waals surface area contributed by atoms with Crippen LogP contribution in [0.4, 0.5) is 4.39 Å². The van der Waals surface area contributed by atoms with Crippen molar-refractivity contribution in [3.8, 4) is 5.75 Å². The first-order chi connectivity index (χ1) is 9.67. The van der Waals surface area contributed by atoms with Crippen LogP contribution in [-0.2, 0) is 13.0 Å². The summed E-state index contributed by atoms with van der Waals surface area (Å²) >= 11 is 0. The Morgan fingerprint density at radius 3 is 3.10 bits per heavy atom. The molecule has 0 spiro atoms. The summed E-state index contributed by atoms with van der Waals surface area (Å²) in [6.45, 7) is 2.91. The zero-order valence-corrected chi connectivity index (χ0v) is 11.8. The van der Waals surface area contributed by atoms with Crippen LogP contribution in [0.25, 0.3) is 0 Å². The number of aromatic nitrogens is 1. The van der Waals surface area contributed by atoms with Crippen LogP contribution in [0.2, 0.25) is 0 Å². The molecule has 3 rings (SSSR count). The molecular weight excluding hydrogens is 255 g/mol. The molecule has 106 valence electrons. The summed E-state index contributed by atoms with van der Waals surface area (Å²) in [5.41, 5.74) is 2.20. The SMILES string of the molecule is CNC(C)c1cccn1CC1Cc2cc(F)ccc2O1. The first-order valence-corrected chi connectivity index (χ1v) is 6.94. The third-order valence-corrected chi connectivity index (χ3v) is 3.91. The number of nitrogens with one attached hydrogen (secondary N) is 1. The fourth-order valence-electron chi connectivity index (χ4n) is 2.74. The van der Waals surface area contributed by atoms with E-state index in [1.807, 2.05) is 13.1 Å². The smallest absolute Gasteiger partial charge is 0.123 e. The number of hydrogen-bond donors (Lipinski definition) is 1. The topological polar surface area (TPSA) is 26.2 Å². The summed E-state index contributed by atoms with van der Waals surface area (Å²) in [4.78, 5) is 0. The fraction of sp³-hybridized carbons (Fsp3) is 0.375. The highest BCUT2D eigenvalue weighted by Gasteiger charge is 2.24. The summed E-state index contributed by atoms with van der Waals surface area (Å²) in [7, 11) is 1.95. The minimum Gasteiger partial charge on any atom is -0.488 e. The number of ether oxygens (including phenoxy) is 1. The van der Waals surface area contributed by atoms with Gasteiger partial charge in [-0.15, -0.1) is 0 Å². The molecule has 20 heavy (non-hydrogen) atoms. The molecule has 2 unspecified atom stereocenters. The Balaban J connectivity index is 1.73. The van der Waals surface area contributed by atoms with Crippen molar-refractivity contribution in [3.63, 3.8) is 0 Å². The highest BCUT2D eigenvalue weighted by atomic mass is 19.1. The van der Waals surface area contributed by atoms with E-state index in [1.54, 1.807) is 12.1 Å². The van der Waals surface area contributed by atoms with Crippen LogP contribution in [0, 0.1) is 5.82 Å². The van der Waals surface area contributed by atoms with Gasteiger partial charge in [0.1, 0.15) is 17.7 Å². The largest absolute Gasteiger partial charge is 0.488 e. The number of benzene rings is 1. The molecule has 2 aromatic rings. The summed E-state index contributed by atoms with van der Waals surface area (Å²) in [5.74, 6) is 0.616. The van der Waals surface area contributed by atoms with Gasteiger partial charge in [-0.3, -0.25) is 0 Å². The minimum atomic E-state index is -0.196. The van der Waals surface area contributed by atoms with E-state index in [4.69, 9.17) is 4.74 Å². The quantitative estimate of drug-likeness (QED) is 0.927. The molecule has 0 saturated carbocycles. The van der Waals surface area contributed by atoms with Gasteiger partial charge < -0.3 is 14.6 Å². The zero-order valence-electron chi connectivity index (χ0n) is 11.8. The maximum absolute atomic E-state index is 13.2. The molecule has 2 heterocycles. The van der Waals surface area contributed by atoms with Gasteiger partial charge >= 0.3 is 0 Å². The van der Waals surface area contributed by atoms with Gasteiger partial charge in [0.05, 0.1) is 6.54 Å². The predicted molar refractivity (Wildman–Crippen MR) is 76.4 cm³/mol. The van der Waals surface area contributed by atoms with E-state index in [2.05, 4.69) is 29.1 Å². The van der Waals surface area contributed by atoms with Gasteiger partial charge in [-0.2, -0.15) is 0 Å². The Kier molecular flexibility index (Phi) is 3.49. The monoisotopic (exact) mass is 274 g/mol. The van der Waals surface area contributed by atoms with E-state index in [0.29, 0.717) is 6.04 Å². The Bertz CT molecular complexity index is 608. The van der Waals surface area contributed by atoms with Crippen LogP contribution in [0.3, 0.4) is 0 Å². The number of rotatable bonds is 4. The van der Waals surface area contributed by atoms with E-state index in [0.717, 1.165) is 24.3 Å². The molecule has 0 radical (unpaired) electrons. The molecule has 1 aromatic carbocycles. The van der Waals surface area contributed by atoms with E-state index in [9.17, 15) is 4.39 Å². The van der Waals surface area contributed by atoms with Gasteiger partial charge in [-0.1, -0.05) is 0 Å². The standard InChI is InChI=1S/C16H19FN2O/c1-11(18-2)15-4-3-7-19(15)10-14-9-12-8-13(17)5-6-16(12)20-14/h3-8,11,14,18H,9-10H2,1-2H3. The molecule has 0 fully saturated rings. The second-order valence-corrected chi connectivity index (χ2v) is 5.29. The first-order valence-electron chi connectivity index (χ1n) is 6.94. The summed E-state index contributed by atoms with van der Waals surface area (Å²) < 4.78 is 21.3. The molecule has 3 nitrogen and oxygen atoms in total. The van der Waals surface area contributed by atoms with Gasteiger partial charge in [0.15, 0.2) is 0 Å². The van der Waals surface area contributed by atoms with Gasteiger partial charge in [-0.25, -0.2) is 4.39 Å². The van der Waals surface area contributed by atoms with Gasteiger partial charge in [0.2, 0.25) is 0 Å². The van der Waals surface area contributed by atoms with Crippen LogP contribution in [0.5, 0.6) is 5.75 Å². The van der Waals surface area contributed by atoms with Crippen LogP contribution in [-0.4, -0.2) is 17.7 Å². The third kappa shape index (κ3) is 2.43. The number of halogens is 1. The average Bonchev–Trinajstić information content (AvgIpc) is 3.04. The molecule has 1 aliphatic rings. The Labute approximate surface area is 118 Å². The lowest BCUT2D eigenvalue weighted by Gasteiger charge is -2.18. The Morgan fingerprint density at radius 1 is 1.45 bits per heavy atom. The van der Waals surface area contributed by atoms with Crippen molar-refractivity contribution in [3.05, 3.63) is 53.6 Å². The van der Waals surface area contributed by atoms with Crippen molar-refractivity contribution in [2.75, 3.05) is 7.05 Å². The molecule has 0 bridgehead atoms. The van der Waals surface area contributed by atoms with Crippen molar-refractivity contribution in [1.82, 2.24) is 9.88 Å². The predicted octanol–water partition coefficient (Wildman–Crippen LogP) is 2.91. The molecular formula is C16H19FN2O. The van der Waals surface area contributed by atoms with Crippen LogP contribution >= 0.6 is 0 Å². The highest BCUT2D eigenvalue weighted by Crippen LogP contribution is 2.30. The summed E-state index contributed by atoms with van der Waals surface area (Å²) in [6, 6.07) is 9.20. The molecule has 1 aliphatic heterocycles. The third-order valence-electron chi connectivity index (χ3n) is 3.91. The van der Waals surface area contributed by atoms with Crippen molar-refractivity contribution >= 4 is 0 Å². The second kappa shape index (κ2) is 5.29. The van der Waals surface area contributed by atoms with E-state index in [-0.39, 0.29) is 11.9 Å². The fourth-order valence-corrected chi connectivity index (χ4v) is 2.74. The van der Waals surface area contributed by atoms with Gasteiger partial charge in [0, 0.05) is 29.9 Å². The maximum Gasteiger partial charge on any atom is 0.123 e. The summed E-state index contributed by atoms with van der Waals surface area (Å²) in [5, 5.41) is 3.25. The second-order valence-electron chi connectivity index (χ2n) is 5.29. The van der Waals surface area contributed by atoms with E-state index < -0.39 is 0 Å². The number of fused-ring (bicyclic) bond motifs is 1. The zero-order chi connectivity index (χ0) is 14.1. The Hall–Kier alpha value is -1.81. The lowest BCUT2D eigenvalue weighted by atomic mass is 10.1. The molecule has 1 N–H and O–H groups in total. The van der Waals surface area contributed by atoms with Gasteiger partial charge in [0.25, 0.3) is 0 Å². The lowest BCUT2D eigenvalue weighted by molar-refractivity contribution is 0.207. The van der Waals surface area contributed by atoms with E-state index >= 15 is 0 Å². The molecule has 0 aliphatic carbocycles. The lowest BCUT2D eigenvalue weighted by Crippen LogP contribution is -2.24. The average molecular weight is 274 g/mol. The van der Waals surface area contributed by atoms with Gasteiger partial charge in [-0.05, 0) is 44.3 Å². The van der Waals surface area contributed by atoms with Crippen LogP contribution in [0.15, 0.2) is 36.5 Å². The van der Waals surface area contributed by atoms with Crippen molar-refractivity contribution in [1.29, 1.82) is 0 Å². The van der Waals surface area contributed by atoms with Crippen LogP contribution in [0.1, 0.15) is 24.2 Å².